The van der Waals surface area contributed by atoms with Gasteiger partial charge in [-0.05, 0) is 19.8 Å². The second kappa shape index (κ2) is 11.8. The SMILES string of the molecule is C[C@H](N)C(=O)NCC(=O)NCC(=O)N[C@H](C=O)CCCN=C(N)N. The highest BCUT2D eigenvalue weighted by atomic mass is 16.2. The first-order valence-electron chi connectivity index (χ1n) is 7.36. The largest absolute Gasteiger partial charge is 0.370 e. The van der Waals surface area contributed by atoms with Crippen molar-refractivity contribution >= 4 is 30.0 Å². The Hall–Kier alpha value is -2.69. The summed E-state index contributed by atoms with van der Waals surface area (Å²) in [5, 5.41) is 7.07. The van der Waals surface area contributed by atoms with E-state index in [9.17, 15) is 19.2 Å². The van der Waals surface area contributed by atoms with Gasteiger partial charge in [-0.2, -0.15) is 0 Å². The van der Waals surface area contributed by atoms with Crippen LogP contribution in [-0.2, 0) is 19.2 Å². The molecule has 0 aliphatic heterocycles. The summed E-state index contributed by atoms with van der Waals surface area (Å²) in [6.45, 7) is 1.22. The molecule has 0 spiro atoms. The molecular weight excluding hydrogens is 318 g/mol. The molecule has 0 unspecified atom stereocenters. The molecule has 0 bridgehead atoms. The van der Waals surface area contributed by atoms with Gasteiger partial charge in [0.25, 0.3) is 0 Å². The number of rotatable bonds is 11. The highest BCUT2D eigenvalue weighted by molar-refractivity contribution is 5.89. The van der Waals surface area contributed by atoms with E-state index in [0.717, 1.165) is 0 Å². The van der Waals surface area contributed by atoms with Crippen molar-refractivity contribution in [2.75, 3.05) is 19.6 Å². The molecule has 0 heterocycles. The first kappa shape index (κ1) is 21.3. The number of amides is 3. The number of aldehydes is 1. The summed E-state index contributed by atoms with van der Waals surface area (Å²) in [6, 6.07) is -1.42. The first-order chi connectivity index (χ1) is 11.3. The third-order valence-electron chi connectivity index (χ3n) is 2.76. The van der Waals surface area contributed by atoms with Gasteiger partial charge in [-0.3, -0.25) is 19.4 Å². The zero-order chi connectivity index (χ0) is 18.5. The summed E-state index contributed by atoms with van der Waals surface area (Å²) >= 11 is 0. The van der Waals surface area contributed by atoms with Crippen molar-refractivity contribution in [2.24, 2.45) is 22.2 Å². The maximum Gasteiger partial charge on any atom is 0.239 e. The van der Waals surface area contributed by atoms with E-state index in [1.165, 1.54) is 6.92 Å². The minimum absolute atomic E-state index is 0.0412. The van der Waals surface area contributed by atoms with Gasteiger partial charge < -0.3 is 37.9 Å². The fraction of sp³-hybridized carbons (Fsp3) is 0.615. The number of guanidine groups is 1. The summed E-state index contributed by atoms with van der Waals surface area (Å²) in [6.07, 6.45) is 1.47. The molecule has 0 aromatic carbocycles. The van der Waals surface area contributed by atoms with Crippen LogP contribution in [0.25, 0.3) is 0 Å². The van der Waals surface area contributed by atoms with Crippen LogP contribution in [-0.4, -0.2) is 61.7 Å². The normalized spacial score (nSPS) is 12.4. The predicted octanol–water partition coefficient (Wildman–Crippen LogP) is -3.70. The van der Waals surface area contributed by atoms with E-state index in [-0.39, 0.29) is 19.0 Å². The van der Waals surface area contributed by atoms with Gasteiger partial charge >= 0.3 is 0 Å². The molecule has 136 valence electrons. The second-order valence-corrected chi connectivity index (χ2v) is 5.04. The monoisotopic (exact) mass is 343 g/mol. The maximum atomic E-state index is 11.6. The van der Waals surface area contributed by atoms with Crippen molar-refractivity contribution in [3.05, 3.63) is 0 Å². The lowest BCUT2D eigenvalue weighted by Crippen LogP contribution is -2.47. The second-order valence-electron chi connectivity index (χ2n) is 5.04. The summed E-state index contributed by atoms with van der Waals surface area (Å²) in [7, 11) is 0. The molecule has 0 radical (unpaired) electrons. The first-order valence-corrected chi connectivity index (χ1v) is 7.36. The van der Waals surface area contributed by atoms with Gasteiger partial charge in [0.05, 0.1) is 25.2 Å². The van der Waals surface area contributed by atoms with Crippen molar-refractivity contribution in [3.63, 3.8) is 0 Å². The van der Waals surface area contributed by atoms with Gasteiger partial charge in [-0.15, -0.1) is 0 Å². The topological polar surface area (TPSA) is 195 Å². The summed E-state index contributed by atoms with van der Waals surface area (Å²) < 4.78 is 0. The molecule has 11 nitrogen and oxygen atoms in total. The molecule has 3 amide bonds. The van der Waals surface area contributed by atoms with Crippen LogP contribution in [0.1, 0.15) is 19.8 Å². The summed E-state index contributed by atoms with van der Waals surface area (Å²) in [4.78, 5) is 48.9. The van der Waals surface area contributed by atoms with Crippen LogP contribution in [0.3, 0.4) is 0 Å². The highest BCUT2D eigenvalue weighted by Gasteiger charge is 2.13. The maximum absolute atomic E-state index is 11.6. The number of nitrogens with one attached hydrogen (secondary N) is 3. The number of hydrogen-bond acceptors (Lipinski definition) is 6. The Balaban J connectivity index is 4.00. The molecule has 0 fully saturated rings. The zero-order valence-corrected chi connectivity index (χ0v) is 13.6. The van der Waals surface area contributed by atoms with Gasteiger partial charge in [0, 0.05) is 6.54 Å². The Kier molecular flexibility index (Phi) is 10.5. The zero-order valence-electron chi connectivity index (χ0n) is 13.6. The molecule has 0 saturated carbocycles. The molecule has 0 aromatic heterocycles. The lowest BCUT2D eigenvalue weighted by atomic mass is 10.2. The van der Waals surface area contributed by atoms with Crippen LogP contribution in [0.5, 0.6) is 0 Å². The molecule has 24 heavy (non-hydrogen) atoms. The van der Waals surface area contributed by atoms with Gasteiger partial charge in [-0.1, -0.05) is 0 Å². The highest BCUT2D eigenvalue weighted by Crippen LogP contribution is 1.95. The number of carbonyl (C=O) groups is 4. The minimum Gasteiger partial charge on any atom is -0.370 e. The Bertz CT molecular complexity index is 475. The summed E-state index contributed by atoms with van der Waals surface area (Å²) in [5.41, 5.74) is 15.6. The Morgan fingerprint density at radius 2 is 1.75 bits per heavy atom. The fourth-order valence-electron chi connectivity index (χ4n) is 1.52. The van der Waals surface area contributed by atoms with E-state index in [0.29, 0.717) is 25.7 Å². The van der Waals surface area contributed by atoms with Crippen molar-refractivity contribution in [2.45, 2.75) is 31.8 Å². The Morgan fingerprint density at radius 3 is 2.29 bits per heavy atom. The lowest BCUT2D eigenvalue weighted by Gasteiger charge is -2.13. The number of nitrogens with two attached hydrogens (primary N) is 3. The summed E-state index contributed by atoms with van der Waals surface area (Å²) in [5.74, 6) is -1.59. The molecule has 11 heteroatoms. The smallest absolute Gasteiger partial charge is 0.239 e. The Labute approximate surface area is 139 Å². The number of hydrogen-bond donors (Lipinski definition) is 6. The van der Waals surface area contributed by atoms with E-state index in [2.05, 4.69) is 20.9 Å². The van der Waals surface area contributed by atoms with E-state index < -0.39 is 29.8 Å². The van der Waals surface area contributed by atoms with Crippen molar-refractivity contribution in [3.8, 4) is 0 Å². The van der Waals surface area contributed by atoms with Crippen LogP contribution in [0.15, 0.2) is 4.99 Å². The third kappa shape index (κ3) is 11.0. The molecule has 0 rings (SSSR count). The van der Waals surface area contributed by atoms with Gasteiger partial charge in [0.1, 0.15) is 6.29 Å². The average Bonchev–Trinajstić information content (AvgIpc) is 2.52. The number of aliphatic imine (C=N–C) groups is 1. The van der Waals surface area contributed by atoms with Crippen molar-refractivity contribution in [1.82, 2.24) is 16.0 Å². The minimum atomic E-state index is -0.728. The Morgan fingerprint density at radius 1 is 1.12 bits per heavy atom. The van der Waals surface area contributed by atoms with E-state index in [1.54, 1.807) is 0 Å². The van der Waals surface area contributed by atoms with Gasteiger partial charge in [-0.25, -0.2) is 0 Å². The molecule has 0 aliphatic rings. The molecule has 0 saturated heterocycles. The predicted molar refractivity (Wildman–Crippen MR) is 87.6 cm³/mol. The van der Waals surface area contributed by atoms with E-state index >= 15 is 0 Å². The van der Waals surface area contributed by atoms with Crippen molar-refractivity contribution < 1.29 is 19.2 Å². The third-order valence-corrected chi connectivity index (χ3v) is 2.76. The number of carbonyl (C=O) groups excluding carboxylic acids is 4. The molecule has 0 aromatic rings. The van der Waals surface area contributed by atoms with Crippen molar-refractivity contribution in [1.29, 1.82) is 0 Å². The standard InChI is InChI=1S/C13H25N7O4/c1-8(14)12(24)19-5-10(22)18-6-11(23)20-9(7-21)3-2-4-17-13(15)16/h7-9H,2-6,14H2,1H3,(H,18,22)(H,19,24)(H,20,23)(H4,15,16,17)/t8-,9-/m0/s1. The average molecular weight is 343 g/mol. The number of nitrogens with zero attached hydrogens (tertiary/aromatic N) is 1. The van der Waals surface area contributed by atoms with Crippen LogP contribution in [0, 0.1) is 0 Å². The van der Waals surface area contributed by atoms with Crippen LogP contribution in [0.2, 0.25) is 0 Å². The lowest BCUT2D eigenvalue weighted by molar-refractivity contribution is -0.128. The van der Waals surface area contributed by atoms with Crippen LogP contribution in [0.4, 0.5) is 0 Å². The van der Waals surface area contributed by atoms with Gasteiger partial charge in [0.2, 0.25) is 17.7 Å². The fourth-order valence-corrected chi connectivity index (χ4v) is 1.52. The molecule has 2 atom stereocenters. The van der Waals surface area contributed by atoms with Gasteiger partial charge in [0.15, 0.2) is 5.96 Å². The quantitative estimate of drug-likeness (QED) is 0.0960. The molecule has 0 aliphatic carbocycles. The molecule has 9 N–H and O–H groups in total. The van der Waals surface area contributed by atoms with Crippen LogP contribution >= 0.6 is 0 Å². The van der Waals surface area contributed by atoms with E-state index in [1.807, 2.05) is 0 Å². The van der Waals surface area contributed by atoms with Crippen LogP contribution < -0.4 is 33.2 Å². The molecular formula is C13H25N7O4. The van der Waals surface area contributed by atoms with E-state index in [4.69, 9.17) is 17.2 Å².